The van der Waals surface area contributed by atoms with Crippen LogP contribution in [0.1, 0.15) is 34.9 Å². The third-order valence-electron chi connectivity index (χ3n) is 5.86. The Hall–Kier alpha value is -3.71. The number of amides is 2. The Bertz CT molecular complexity index is 1280. The highest BCUT2D eigenvalue weighted by Crippen LogP contribution is 2.37. The van der Waals surface area contributed by atoms with E-state index in [2.05, 4.69) is 21.9 Å². The highest BCUT2D eigenvalue weighted by atomic mass is 32.1. The quantitative estimate of drug-likeness (QED) is 0.395. The number of allylic oxidation sites excluding steroid dienone is 1. The van der Waals surface area contributed by atoms with Crippen molar-refractivity contribution < 1.29 is 9.32 Å². The molecule has 1 unspecified atom stereocenters. The van der Waals surface area contributed by atoms with Crippen LogP contribution in [0.2, 0.25) is 0 Å². The standard InChI is InChI=1S/C26H24N4O2S/c1-17-10-12-20(13-11-17)24-28-25(32-29-24)22-18(2)30(15-14-21-9-6-16-33-21)26(31)27-23(22)19-7-4-3-5-8-19/h3-13,16,23H,14-15H2,1-2H3,(H,27,31). The second-order valence-corrected chi connectivity index (χ2v) is 9.09. The van der Waals surface area contributed by atoms with Gasteiger partial charge in [0, 0.05) is 22.7 Å². The van der Waals surface area contributed by atoms with Gasteiger partial charge in [-0.25, -0.2) is 4.79 Å². The van der Waals surface area contributed by atoms with E-state index >= 15 is 0 Å². The summed E-state index contributed by atoms with van der Waals surface area (Å²) in [6, 6.07) is 21.5. The van der Waals surface area contributed by atoms with Gasteiger partial charge in [-0.3, -0.25) is 4.90 Å². The maximum Gasteiger partial charge on any atom is 0.322 e. The van der Waals surface area contributed by atoms with Gasteiger partial charge >= 0.3 is 6.03 Å². The summed E-state index contributed by atoms with van der Waals surface area (Å²) in [5.74, 6) is 0.942. The molecule has 0 bridgehead atoms. The monoisotopic (exact) mass is 456 g/mol. The first-order valence-corrected chi connectivity index (χ1v) is 11.8. The molecule has 0 radical (unpaired) electrons. The fraction of sp³-hybridized carbons (Fsp3) is 0.192. The Morgan fingerprint density at radius 3 is 2.55 bits per heavy atom. The Labute approximate surface area is 196 Å². The van der Waals surface area contributed by atoms with Crippen LogP contribution in [0, 0.1) is 6.92 Å². The Morgan fingerprint density at radius 1 is 1.03 bits per heavy atom. The predicted octanol–water partition coefficient (Wildman–Crippen LogP) is 5.85. The zero-order valence-corrected chi connectivity index (χ0v) is 19.3. The lowest BCUT2D eigenvalue weighted by molar-refractivity contribution is 0.205. The second kappa shape index (κ2) is 9.03. The molecule has 1 aliphatic heterocycles. The van der Waals surface area contributed by atoms with Crippen LogP contribution in [0.4, 0.5) is 4.79 Å². The molecule has 33 heavy (non-hydrogen) atoms. The minimum atomic E-state index is -0.372. The molecule has 0 fully saturated rings. The Morgan fingerprint density at radius 2 is 1.82 bits per heavy atom. The lowest BCUT2D eigenvalue weighted by atomic mass is 9.94. The van der Waals surface area contributed by atoms with Crippen LogP contribution in [0.25, 0.3) is 17.0 Å². The fourth-order valence-corrected chi connectivity index (χ4v) is 4.75. The van der Waals surface area contributed by atoms with E-state index in [4.69, 9.17) is 9.51 Å². The first kappa shape index (κ1) is 21.2. The van der Waals surface area contributed by atoms with Gasteiger partial charge in [0.15, 0.2) is 0 Å². The molecule has 4 aromatic rings. The van der Waals surface area contributed by atoms with Crippen molar-refractivity contribution >= 4 is 22.9 Å². The van der Waals surface area contributed by atoms with Crippen LogP contribution in [-0.4, -0.2) is 27.6 Å². The van der Waals surface area contributed by atoms with Crippen molar-refractivity contribution in [1.29, 1.82) is 0 Å². The number of hydrogen-bond donors (Lipinski definition) is 1. The number of benzene rings is 2. The SMILES string of the molecule is CC1=C(c2nc(-c3ccc(C)cc3)no2)C(c2ccccc2)NC(=O)N1CCc1cccs1. The van der Waals surface area contributed by atoms with Crippen LogP contribution in [-0.2, 0) is 6.42 Å². The van der Waals surface area contributed by atoms with Gasteiger partial charge in [0.1, 0.15) is 0 Å². The van der Waals surface area contributed by atoms with Crippen LogP contribution in [0.3, 0.4) is 0 Å². The number of carbonyl (C=O) groups excluding carboxylic acids is 1. The zero-order valence-electron chi connectivity index (χ0n) is 18.5. The third kappa shape index (κ3) is 4.32. The van der Waals surface area contributed by atoms with Crippen molar-refractivity contribution in [1.82, 2.24) is 20.4 Å². The third-order valence-corrected chi connectivity index (χ3v) is 6.79. The number of nitrogens with one attached hydrogen (secondary N) is 1. The lowest BCUT2D eigenvalue weighted by Gasteiger charge is -2.35. The van der Waals surface area contributed by atoms with E-state index in [9.17, 15) is 4.79 Å². The number of aromatic nitrogens is 2. The van der Waals surface area contributed by atoms with Gasteiger partial charge in [0.05, 0.1) is 11.6 Å². The average molecular weight is 457 g/mol. The molecular formula is C26H24N4O2S. The number of carbonyl (C=O) groups is 1. The van der Waals surface area contributed by atoms with Gasteiger partial charge in [0.25, 0.3) is 5.89 Å². The molecule has 2 aromatic carbocycles. The number of thiophene rings is 1. The van der Waals surface area contributed by atoms with E-state index in [1.54, 1.807) is 16.2 Å². The average Bonchev–Trinajstić information content (AvgIpc) is 3.52. The number of aryl methyl sites for hydroxylation is 1. The summed E-state index contributed by atoms with van der Waals surface area (Å²) in [4.78, 5) is 20.8. The number of rotatable bonds is 6. The summed E-state index contributed by atoms with van der Waals surface area (Å²) in [5.41, 5.74) is 4.66. The van der Waals surface area contributed by atoms with Crippen molar-refractivity contribution in [2.24, 2.45) is 0 Å². The molecule has 1 N–H and O–H groups in total. The maximum absolute atomic E-state index is 13.1. The fourth-order valence-electron chi connectivity index (χ4n) is 4.05. The lowest BCUT2D eigenvalue weighted by Crippen LogP contribution is -2.46. The number of nitrogens with zero attached hydrogens (tertiary/aromatic N) is 3. The molecule has 7 heteroatoms. The summed E-state index contributed by atoms with van der Waals surface area (Å²) in [6.07, 6.45) is 0.782. The molecule has 2 amide bonds. The topological polar surface area (TPSA) is 71.3 Å². The van der Waals surface area contributed by atoms with Crippen molar-refractivity contribution in [3.05, 3.63) is 99.7 Å². The van der Waals surface area contributed by atoms with E-state index in [-0.39, 0.29) is 12.1 Å². The van der Waals surface area contributed by atoms with E-state index in [1.807, 2.05) is 74.5 Å². The number of hydrogen-bond acceptors (Lipinski definition) is 5. The normalized spacial score (nSPS) is 16.2. The van der Waals surface area contributed by atoms with Gasteiger partial charge in [0.2, 0.25) is 5.82 Å². The smallest absolute Gasteiger partial charge is 0.322 e. The summed E-state index contributed by atoms with van der Waals surface area (Å²) in [5, 5.41) is 9.44. The zero-order chi connectivity index (χ0) is 22.8. The molecule has 0 saturated carbocycles. The number of urea groups is 1. The van der Waals surface area contributed by atoms with Gasteiger partial charge in [-0.1, -0.05) is 71.4 Å². The molecular weight excluding hydrogens is 432 g/mol. The van der Waals surface area contributed by atoms with E-state index in [0.717, 1.165) is 28.8 Å². The molecule has 0 aliphatic carbocycles. The summed E-state index contributed by atoms with van der Waals surface area (Å²) < 4.78 is 5.75. The predicted molar refractivity (Wildman–Crippen MR) is 130 cm³/mol. The molecule has 5 rings (SSSR count). The molecule has 166 valence electrons. The molecule has 1 aliphatic rings. The van der Waals surface area contributed by atoms with Gasteiger partial charge < -0.3 is 9.84 Å². The van der Waals surface area contributed by atoms with Gasteiger partial charge in [-0.15, -0.1) is 11.3 Å². The molecule has 6 nitrogen and oxygen atoms in total. The Kier molecular flexibility index (Phi) is 5.79. The molecule has 3 heterocycles. The van der Waals surface area contributed by atoms with Crippen LogP contribution < -0.4 is 5.32 Å². The minimum absolute atomic E-state index is 0.125. The minimum Gasteiger partial charge on any atom is -0.334 e. The summed E-state index contributed by atoms with van der Waals surface area (Å²) >= 11 is 1.70. The van der Waals surface area contributed by atoms with Crippen molar-refractivity contribution in [3.8, 4) is 11.4 Å². The van der Waals surface area contributed by atoms with Crippen molar-refractivity contribution in [3.63, 3.8) is 0 Å². The van der Waals surface area contributed by atoms with Crippen molar-refractivity contribution in [2.75, 3.05) is 6.54 Å². The molecule has 1 atom stereocenters. The highest BCUT2D eigenvalue weighted by Gasteiger charge is 2.35. The van der Waals surface area contributed by atoms with Gasteiger partial charge in [-0.2, -0.15) is 4.98 Å². The van der Waals surface area contributed by atoms with E-state index in [1.165, 1.54) is 10.4 Å². The van der Waals surface area contributed by atoms with E-state index < -0.39 is 0 Å². The van der Waals surface area contributed by atoms with Gasteiger partial charge in [-0.05, 0) is 37.3 Å². The highest BCUT2D eigenvalue weighted by molar-refractivity contribution is 7.09. The van der Waals surface area contributed by atoms with E-state index in [0.29, 0.717) is 18.3 Å². The Balaban J connectivity index is 1.54. The summed E-state index contributed by atoms with van der Waals surface area (Å²) in [7, 11) is 0. The summed E-state index contributed by atoms with van der Waals surface area (Å²) in [6.45, 7) is 4.57. The molecule has 0 saturated heterocycles. The molecule has 0 spiro atoms. The maximum atomic E-state index is 13.1. The van der Waals surface area contributed by atoms with Crippen molar-refractivity contribution in [2.45, 2.75) is 26.3 Å². The largest absolute Gasteiger partial charge is 0.334 e. The first-order valence-electron chi connectivity index (χ1n) is 10.9. The second-order valence-electron chi connectivity index (χ2n) is 8.06. The van der Waals surface area contributed by atoms with Crippen LogP contribution in [0.5, 0.6) is 0 Å². The van der Waals surface area contributed by atoms with Crippen LogP contribution in [0.15, 0.2) is 82.3 Å². The van der Waals surface area contributed by atoms with Crippen LogP contribution >= 0.6 is 11.3 Å². The molecule has 2 aromatic heterocycles. The first-order chi connectivity index (χ1) is 16.1.